The molecule has 3 heteroatoms. The van der Waals surface area contributed by atoms with Crippen LogP contribution in [-0.2, 0) is 4.79 Å². The molecule has 0 spiro atoms. The Bertz CT molecular complexity index is 286. The number of nitrogens with zero attached hydrogens (tertiary/aromatic N) is 2. The summed E-state index contributed by atoms with van der Waals surface area (Å²) < 4.78 is 1.67. The van der Waals surface area contributed by atoms with Crippen LogP contribution in [0.4, 0.5) is 0 Å². The molecule has 11 heavy (non-hydrogen) atoms. The van der Waals surface area contributed by atoms with Crippen molar-refractivity contribution in [2.24, 2.45) is 0 Å². The third-order valence-electron chi connectivity index (χ3n) is 1.35. The quantitative estimate of drug-likeness (QED) is 0.468. The number of carbonyl (C=O) groups excluding carboxylic acids is 1. The molecule has 0 N–H and O–H groups in total. The van der Waals surface area contributed by atoms with Crippen molar-refractivity contribution in [3.8, 4) is 0 Å². The largest absolute Gasteiger partial charge is 0.299 e. The van der Waals surface area contributed by atoms with Crippen LogP contribution in [0.5, 0.6) is 0 Å². The van der Waals surface area contributed by atoms with Crippen molar-refractivity contribution in [3.05, 3.63) is 23.5 Å². The van der Waals surface area contributed by atoms with Gasteiger partial charge in [0.1, 0.15) is 6.29 Å². The van der Waals surface area contributed by atoms with E-state index < -0.39 is 0 Å². The number of allylic oxidation sites excluding steroid dienone is 1. The van der Waals surface area contributed by atoms with Gasteiger partial charge in [-0.2, -0.15) is 5.10 Å². The van der Waals surface area contributed by atoms with Gasteiger partial charge in [0.2, 0.25) is 0 Å². The molecular formula is C8H10N2O. The van der Waals surface area contributed by atoms with E-state index in [1.165, 1.54) is 6.08 Å². The van der Waals surface area contributed by atoms with Crippen molar-refractivity contribution in [2.45, 2.75) is 13.8 Å². The molecule has 3 nitrogen and oxygen atoms in total. The highest BCUT2D eigenvalue weighted by molar-refractivity contribution is 5.69. The SMILES string of the molecule is Cc1cc(C)n(C=CC=O)n1. The van der Waals surface area contributed by atoms with Crippen LogP contribution in [0.1, 0.15) is 11.4 Å². The summed E-state index contributed by atoms with van der Waals surface area (Å²) in [6.07, 6.45) is 3.78. The number of hydrogen-bond donors (Lipinski definition) is 0. The molecule has 1 rings (SSSR count). The predicted molar refractivity (Wildman–Crippen MR) is 43.1 cm³/mol. The lowest BCUT2D eigenvalue weighted by Crippen LogP contribution is -1.91. The van der Waals surface area contributed by atoms with Gasteiger partial charge in [0.25, 0.3) is 0 Å². The Labute approximate surface area is 65.3 Å². The zero-order valence-corrected chi connectivity index (χ0v) is 6.61. The minimum Gasteiger partial charge on any atom is -0.299 e. The Morgan fingerprint density at radius 2 is 2.27 bits per heavy atom. The first-order valence-electron chi connectivity index (χ1n) is 3.39. The van der Waals surface area contributed by atoms with Crippen LogP contribution < -0.4 is 0 Å². The molecule has 0 radical (unpaired) electrons. The smallest absolute Gasteiger partial charge is 0.144 e. The minimum atomic E-state index is 0.733. The molecule has 0 bridgehead atoms. The van der Waals surface area contributed by atoms with E-state index in [2.05, 4.69) is 5.10 Å². The molecule has 0 unspecified atom stereocenters. The highest BCUT2D eigenvalue weighted by Crippen LogP contribution is 2.00. The highest BCUT2D eigenvalue weighted by atomic mass is 16.1. The van der Waals surface area contributed by atoms with Crippen LogP contribution in [0.25, 0.3) is 6.20 Å². The van der Waals surface area contributed by atoms with E-state index in [1.807, 2.05) is 19.9 Å². The third kappa shape index (κ3) is 1.77. The molecular weight excluding hydrogens is 140 g/mol. The maximum Gasteiger partial charge on any atom is 0.144 e. The number of aryl methyl sites for hydroxylation is 2. The summed E-state index contributed by atoms with van der Waals surface area (Å²) in [5.74, 6) is 0. The van der Waals surface area contributed by atoms with Crippen LogP contribution in [0.15, 0.2) is 12.1 Å². The van der Waals surface area contributed by atoms with E-state index in [1.54, 1.807) is 10.9 Å². The number of carbonyl (C=O) groups is 1. The lowest BCUT2D eigenvalue weighted by Gasteiger charge is -1.91. The second-order valence-electron chi connectivity index (χ2n) is 2.35. The standard InChI is InChI=1S/C8H10N2O/c1-7-6-8(2)10(9-7)4-3-5-11/h3-6H,1-2H3. The average Bonchev–Trinajstić information content (AvgIpc) is 2.26. The highest BCUT2D eigenvalue weighted by Gasteiger charge is 1.94. The Hall–Kier alpha value is -1.38. The van der Waals surface area contributed by atoms with Crippen LogP contribution >= 0.6 is 0 Å². The number of aromatic nitrogens is 2. The number of aldehydes is 1. The van der Waals surface area contributed by atoms with Crippen LogP contribution in [0, 0.1) is 13.8 Å². The maximum absolute atomic E-state index is 9.97. The first kappa shape index (κ1) is 7.72. The lowest BCUT2D eigenvalue weighted by molar-refractivity contribution is -0.104. The van der Waals surface area contributed by atoms with Gasteiger partial charge < -0.3 is 0 Å². The first-order valence-corrected chi connectivity index (χ1v) is 3.39. The molecule has 0 amide bonds. The molecule has 0 saturated heterocycles. The summed E-state index contributed by atoms with van der Waals surface area (Å²) in [6, 6.07) is 1.95. The summed E-state index contributed by atoms with van der Waals surface area (Å²) in [5, 5.41) is 4.12. The predicted octanol–water partition coefficient (Wildman–Crippen LogP) is 1.17. The molecule has 0 aliphatic rings. The fraction of sp³-hybridized carbons (Fsp3) is 0.250. The molecule has 0 atom stereocenters. The van der Waals surface area contributed by atoms with Crippen LogP contribution in [0.2, 0.25) is 0 Å². The van der Waals surface area contributed by atoms with Gasteiger partial charge in [-0.1, -0.05) is 0 Å². The molecule has 1 aromatic rings. The molecule has 0 aliphatic heterocycles. The summed E-state index contributed by atoms with van der Waals surface area (Å²) in [5.41, 5.74) is 1.98. The Morgan fingerprint density at radius 1 is 1.55 bits per heavy atom. The number of hydrogen-bond acceptors (Lipinski definition) is 2. The van der Waals surface area contributed by atoms with Crippen LogP contribution in [0.3, 0.4) is 0 Å². The van der Waals surface area contributed by atoms with E-state index in [-0.39, 0.29) is 0 Å². The zero-order chi connectivity index (χ0) is 8.27. The second-order valence-corrected chi connectivity index (χ2v) is 2.35. The Kier molecular flexibility index (Phi) is 2.21. The van der Waals surface area contributed by atoms with Gasteiger partial charge in [-0.3, -0.25) is 4.79 Å². The molecule has 1 aromatic heterocycles. The maximum atomic E-state index is 9.97. The van der Waals surface area contributed by atoms with Crippen molar-refractivity contribution < 1.29 is 4.79 Å². The van der Waals surface area contributed by atoms with Crippen LogP contribution in [-0.4, -0.2) is 16.1 Å². The fourth-order valence-electron chi connectivity index (χ4n) is 0.914. The minimum absolute atomic E-state index is 0.733. The van der Waals surface area contributed by atoms with Gasteiger partial charge in [0, 0.05) is 11.9 Å². The zero-order valence-electron chi connectivity index (χ0n) is 6.61. The van der Waals surface area contributed by atoms with Gasteiger partial charge in [-0.05, 0) is 26.0 Å². The summed E-state index contributed by atoms with van der Waals surface area (Å²) in [4.78, 5) is 9.97. The third-order valence-corrected chi connectivity index (χ3v) is 1.35. The lowest BCUT2D eigenvalue weighted by atomic mass is 10.4. The van der Waals surface area contributed by atoms with E-state index in [0.717, 1.165) is 17.7 Å². The average molecular weight is 150 g/mol. The van der Waals surface area contributed by atoms with E-state index in [9.17, 15) is 4.79 Å². The van der Waals surface area contributed by atoms with Gasteiger partial charge >= 0.3 is 0 Å². The van der Waals surface area contributed by atoms with Gasteiger partial charge in [0.05, 0.1) is 5.69 Å². The molecule has 58 valence electrons. The van der Waals surface area contributed by atoms with E-state index in [0.29, 0.717) is 0 Å². The first-order chi connectivity index (χ1) is 5.24. The monoisotopic (exact) mass is 150 g/mol. The fourth-order valence-corrected chi connectivity index (χ4v) is 0.914. The molecule has 1 heterocycles. The summed E-state index contributed by atoms with van der Waals surface area (Å²) in [7, 11) is 0. The Morgan fingerprint density at radius 3 is 2.73 bits per heavy atom. The van der Waals surface area contributed by atoms with Gasteiger partial charge in [-0.15, -0.1) is 0 Å². The van der Waals surface area contributed by atoms with Crippen molar-refractivity contribution in [1.82, 2.24) is 9.78 Å². The van der Waals surface area contributed by atoms with Gasteiger partial charge in [0.15, 0.2) is 0 Å². The molecule has 0 saturated carbocycles. The van der Waals surface area contributed by atoms with Crippen molar-refractivity contribution in [3.63, 3.8) is 0 Å². The Balaban J connectivity index is 2.93. The van der Waals surface area contributed by atoms with E-state index >= 15 is 0 Å². The molecule has 0 aromatic carbocycles. The van der Waals surface area contributed by atoms with E-state index in [4.69, 9.17) is 0 Å². The molecule has 0 fully saturated rings. The number of rotatable bonds is 2. The normalized spacial score (nSPS) is 10.7. The summed E-state index contributed by atoms with van der Waals surface area (Å²) in [6.45, 7) is 3.85. The summed E-state index contributed by atoms with van der Waals surface area (Å²) >= 11 is 0. The van der Waals surface area contributed by atoms with Crippen molar-refractivity contribution >= 4 is 12.5 Å². The van der Waals surface area contributed by atoms with Crippen molar-refractivity contribution in [1.29, 1.82) is 0 Å². The second kappa shape index (κ2) is 3.14. The molecule has 0 aliphatic carbocycles. The topological polar surface area (TPSA) is 34.9 Å². The van der Waals surface area contributed by atoms with Gasteiger partial charge in [-0.25, -0.2) is 4.68 Å². The van der Waals surface area contributed by atoms with Crippen molar-refractivity contribution in [2.75, 3.05) is 0 Å².